The minimum atomic E-state index is -3.87. The summed E-state index contributed by atoms with van der Waals surface area (Å²) >= 11 is 4.79. The molecule has 2 rings (SSSR count). The van der Waals surface area contributed by atoms with Crippen LogP contribution >= 0.6 is 27.7 Å². The summed E-state index contributed by atoms with van der Waals surface area (Å²) in [5.41, 5.74) is 0.206. The molecule has 0 radical (unpaired) electrons. The SMILES string of the molecule is NS(=O)(=O)c1ccc(Br)c(C(=O)NCCCSc2ccc(F)cc2)c1. The van der Waals surface area contributed by atoms with Crippen molar-refractivity contribution in [3.63, 3.8) is 0 Å². The van der Waals surface area contributed by atoms with E-state index in [1.54, 1.807) is 23.9 Å². The second kappa shape index (κ2) is 8.79. The zero-order chi connectivity index (χ0) is 18.4. The summed E-state index contributed by atoms with van der Waals surface area (Å²) in [6, 6.07) is 10.2. The number of carbonyl (C=O) groups excluding carboxylic acids is 1. The fourth-order valence-electron chi connectivity index (χ4n) is 1.95. The average molecular weight is 447 g/mol. The number of halogens is 2. The van der Waals surface area contributed by atoms with E-state index in [0.717, 1.165) is 10.6 Å². The molecule has 2 aromatic rings. The smallest absolute Gasteiger partial charge is 0.252 e. The van der Waals surface area contributed by atoms with Crippen molar-refractivity contribution in [2.75, 3.05) is 12.3 Å². The summed E-state index contributed by atoms with van der Waals surface area (Å²) in [6.45, 7) is 0.430. The lowest BCUT2D eigenvalue weighted by molar-refractivity contribution is 0.0953. The normalized spacial score (nSPS) is 11.3. The number of nitrogens with two attached hydrogens (primary N) is 1. The van der Waals surface area contributed by atoms with Crippen LogP contribution in [0.5, 0.6) is 0 Å². The van der Waals surface area contributed by atoms with Gasteiger partial charge in [-0.05, 0) is 70.6 Å². The van der Waals surface area contributed by atoms with E-state index in [9.17, 15) is 17.6 Å². The molecular weight excluding hydrogens is 431 g/mol. The number of rotatable bonds is 7. The molecule has 0 spiro atoms. The number of amides is 1. The first kappa shape index (κ1) is 19.9. The molecule has 0 aliphatic heterocycles. The number of hydrogen-bond acceptors (Lipinski definition) is 4. The van der Waals surface area contributed by atoms with Crippen LogP contribution in [0.3, 0.4) is 0 Å². The maximum Gasteiger partial charge on any atom is 0.252 e. The molecule has 0 saturated carbocycles. The molecule has 0 aliphatic rings. The van der Waals surface area contributed by atoms with Crippen LogP contribution in [0.2, 0.25) is 0 Å². The van der Waals surface area contributed by atoms with Gasteiger partial charge in [0.15, 0.2) is 0 Å². The fraction of sp³-hybridized carbons (Fsp3) is 0.188. The van der Waals surface area contributed by atoms with Gasteiger partial charge in [0, 0.05) is 15.9 Å². The van der Waals surface area contributed by atoms with E-state index in [-0.39, 0.29) is 22.2 Å². The number of thioether (sulfide) groups is 1. The molecule has 25 heavy (non-hydrogen) atoms. The molecule has 0 aromatic heterocycles. The molecule has 0 bridgehead atoms. The molecule has 5 nitrogen and oxygen atoms in total. The predicted molar refractivity (Wildman–Crippen MR) is 99.6 cm³/mol. The van der Waals surface area contributed by atoms with Gasteiger partial charge in [-0.2, -0.15) is 0 Å². The van der Waals surface area contributed by atoms with Gasteiger partial charge < -0.3 is 5.32 Å². The fourth-order valence-corrected chi connectivity index (χ4v) is 3.76. The summed E-state index contributed by atoms with van der Waals surface area (Å²) in [5, 5.41) is 7.82. The van der Waals surface area contributed by atoms with Crippen LogP contribution < -0.4 is 10.5 Å². The first-order valence-corrected chi connectivity index (χ1v) is 10.6. The van der Waals surface area contributed by atoms with E-state index < -0.39 is 10.0 Å². The summed E-state index contributed by atoms with van der Waals surface area (Å²) in [5.74, 6) is 0.0951. The van der Waals surface area contributed by atoms with Gasteiger partial charge in [0.05, 0.1) is 10.5 Å². The number of sulfonamides is 1. The van der Waals surface area contributed by atoms with Crippen molar-refractivity contribution in [2.45, 2.75) is 16.2 Å². The second-order valence-electron chi connectivity index (χ2n) is 5.10. The van der Waals surface area contributed by atoms with Crippen molar-refractivity contribution < 1.29 is 17.6 Å². The van der Waals surface area contributed by atoms with Crippen LogP contribution in [-0.4, -0.2) is 26.6 Å². The molecule has 0 atom stereocenters. The van der Waals surface area contributed by atoms with Crippen LogP contribution in [0.15, 0.2) is 56.7 Å². The third-order valence-electron chi connectivity index (χ3n) is 3.20. The van der Waals surface area contributed by atoms with E-state index >= 15 is 0 Å². The minimum Gasteiger partial charge on any atom is -0.352 e. The predicted octanol–water partition coefficient (Wildman–Crippen LogP) is 3.15. The van der Waals surface area contributed by atoms with Crippen molar-refractivity contribution in [3.05, 3.63) is 58.3 Å². The van der Waals surface area contributed by atoms with Crippen molar-refractivity contribution in [3.8, 4) is 0 Å². The molecule has 9 heteroatoms. The van der Waals surface area contributed by atoms with Gasteiger partial charge in [-0.1, -0.05) is 0 Å². The Balaban J connectivity index is 1.85. The van der Waals surface area contributed by atoms with Crippen molar-refractivity contribution in [2.24, 2.45) is 5.14 Å². The molecule has 1 amide bonds. The first-order valence-electron chi connectivity index (χ1n) is 7.26. The standard InChI is InChI=1S/C16H16BrFN2O3S2/c17-15-7-6-13(25(19,22)23)10-14(15)16(21)20-8-1-9-24-12-4-2-11(18)3-5-12/h2-7,10H,1,8-9H2,(H,20,21)(H2,19,22,23). The van der Waals surface area contributed by atoms with Gasteiger partial charge in [-0.25, -0.2) is 17.9 Å². The van der Waals surface area contributed by atoms with Gasteiger partial charge in [-0.3, -0.25) is 4.79 Å². The molecule has 0 saturated heterocycles. The molecule has 0 unspecified atom stereocenters. The van der Waals surface area contributed by atoms with Crippen LogP contribution in [0.4, 0.5) is 4.39 Å². The van der Waals surface area contributed by atoms with Gasteiger partial charge in [0.1, 0.15) is 5.82 Å². The van der Waals surface area contributed by atoms with Crippen LogP contribution in [0, 0.1) is 5.82 Å². The van der Waals surface area contributed by atoms with Crippen LogP contribution in [-0.2, 0) is 10.0 Å². The first-order chi connectivity index (χ1) is 11.8. The van der Waals surface area contributed by atoms with Crippen LogP contribution in [0.25, 0.3) is 0 Å². The molecule has 2 aromatic carbocycles. The third kappa shape index (κ3) is 6.10. The maximum atomic E-state index is 12.8. The highest BCUT2D eigenvalue weighted by molar-refractivity contribution is 9.10. The van der Waals surface area contributed by atoms with E-state index in [1.807, 2.05) is 0 Å². The number of nitrogens with one attached hydrogen (secondary N) is 1. The summed E-state index contributed by atoms with van der Waals surface area (Å²) in [4.78, 5) is 13.0. The summed E-state index contributed by atoms with van der Waals surface area (Å²) < 4.78 is 36.0. The number of primary sulfonamides is 1. The molecule has 0 aliphatic carbocycles. The minimum absolute atomic E-state index is 0.118. The lowest BCUT2D eigenvalue weighted by Crippen LogP contribution is -2.25. The Hall–Kier alpha value is -1.42. The Morgan fingerprint density at radius 1 is 1.20 bits per heavy atom. The van der Waals surface area contributed by atoms with Gasteiger partial charge in [0.2, 0.25) is 10.0 Å². The third-order valence-corrected chi connectivity index (χ3v) is 5.90. The number of hydrogen-bond donors (Lipinski definition) is 2. The average Bonchev–Trinajstić information content (AvgIpc) is 2.55. The maximum absolute atomic E-state index is 12.8. The number of carbonyl (C=O) groups is 1. The largest absolute Gasteiger partial charge is 0.352 e. The van der Waals surface area contributed by atoms with E-state index in [0.29, 0.717) is 17.4 Å². The summed E-state index contributed by atoms with van der Waals surface area (Å²) in [7, 11) is -3.87. The highest BCUT2D eigenvalue weighted by Crippen LogP contribution is 2.21. The van der Waals surface area contributed by atoms with E-state index in [4.69, 9.17) is 5.14 Å². The Kier molecular flexibility index (Phi) is 7.00. The highest BCUT2D eigenvalue weighted by Gasteiger charge is 2.15. The lowest BCUT2D eigenvalue weighted by atomic mass is 10.2. The van der Waals surface area contributed by atoms with Gasteiger partial charge in [0.25, 0.3) is 5.91 Å². The van der Waals surface area contributed by atoms with Gasteiger partial charge >= 0.3 is 0 Å². The van der Waals surface area contributed by atoms with E-state index in [2.05, 4.69) is 21.2 Å². The monoisotopic (exact) mass is 446 g/mol. The zero-order valence-corrected chi connectivity index (χ0v) is 16.3. The molecular formula is C16H16BrFN2O3S2. The zero-order valence-electron chi connectivity index (χ0n) is 13.0. The summed E-state index contributed by atoms with van der Waals surface area (Å²) in [6.07, 6.45) is 0.709. The van der Waals surface area contributed by atoms with Crippen molar-refractivity contribution in [1.82, 2.24) is 5.32 Å². The molecule has 3 N–H and O–H groups in total. The lowest BCUT2D eigenvalue weighted by Gasteiger charge is -2.08. The molecule has 134 valence electrons. The Morgan fingerprint density at radius 2 is 1.88 bits per heavy atom. The molecule has 0 fully saturated rings. The molecule has 0 heterocycles. The quantitative estimate of drug-likeness (QED) is 0.504. The Morgan fingerprint density at radius 3 is 2.52 bits per heavy atom. The highest BCUT2D eigenvalue weighted by atomic mass is 79.9. The van der Waals surface area contributed by atoms with Crippen molar-refractivity contribution >= 4 is 43.6 Å². The second-order valence-corrected chi connectivity index (χ2v) is 8.68. The van der Waals surface area contributed by atoms with Gasteiger partial charge in [-0.15, -0.1) is 11.8 Å². The number of benzene rings is 2. The Bertz CT molecular complexity index is 858. The van der Waals surface area contributed by atoms with Crippen molar-refractivity contribution in [1.29, 1.82) is 0 Å². The van der Waals surface area contributed by atoms with E-state index in [1.165, 1.54) is 30.3 Å². The van der Waals surface area contributed by atoms with Crippen LogP contribution in [0.1, 0.15) is 16.8 Å². The Labute approximate surface area is 158 Å². The topological polar surface area (TPSA) is 89.3 Å².